The van der Waals surface area contributed by atoms with Crippen LogP contribution in [0.25, 0.3) is 42.1 Å². The van der Waals surface area contributed by atoms with Crippen LogP contribution in [0.5, 0.6) is 0 Å². The van der Waals surface area contributed by atoms with Crippen molar-refractivity contribution in [3.8, 4) is 11.1 Å². The number of pyridine rings is 1. The fourth-order valence-corrected chi connectivity index (χ4v) is 6.03. The molecule has 3 heteroatoms. The molecule has 0 spiro atoms. The molecule has 5 aromatic rings. The standard InChI is InChI=1S/C21H11NS2/c1-2-6-16-12(4-1)15-10-18-20(13-8-9-22-11-19(13)24-18)14-5-3-7-17(23-16)21(14)15/h1-11H. The highest BCUT2D eigenvalue weighted by Crippen LogP contribution is 2.51. The third kappa shape index (κ3) is 1.58. The molecule has 24 heavy (non-hydrogen) atoms. The lowest BCUT2D eigenvalue weighted by Crippen LogP contribution is -1.92. The minimum absolute atomic E-state index is 1.26. The highest BCUT2D eigenvalue weighted by Gasteiger charge is 2.21. The second kappa shape index (κ2) is 4.59. The van der Waals surface area contributed by atoms with E-state index in [0.29, 0.717) is 0 Å². The van der Waals surface area contributed by atoms with Crippen LogP contribution in [-0.2, 0) is 0 Å². The smallest absolute Gasteiger partial charge is 0.0538 e. The second-order valence-corrected chi connectivity index (χ2v) is 8.22. The van der Waals surface area contributed by atoms with E-state index in [0.717, 1.165) is 0 Å². The molecule has 1 aliphatic heterocycles. The zero-order valence-electron chi connectivity index (χ0n) is 12.6. The number of rotatable bonds is 0. The summed E-state index contributed by atoms with van der Waals surface area (Å²) < 4.78 is 2.61. The van der Waals surface area contributed by atoms with Crippen LogP contribution < -0.4 is 0 Å². The summed E-state index contributed by atoms with van der Waals surface area (Å²) in [6.07, 6.45) is 3.88. The normalized spacial score (nSPS) is 12.8. The number of benzene rings is 3. The maximum Gasteiger partial charge on any atom is 0.0538 e. The van der Waals surface area contributed by atoms with Crippen LogP contribution in [0, 0.1) is 0 Å². The Kier molecular flexibility index (Phi) is 2.49. The van der Waals surface area contributed by atoms with E-state index < -0.39 is 0 Å². The number of thiophene rings is 1. The molecule has 0 saturated carbocycles. The van der Waals surface area contributed by atoms with Crippen molar-refractivity contribution < 1.29 is 0 Å². The average Bonchev–Trinajstić information content (AvgIpc) is 3.00. The van der Waals surface area contributed by atoms with Gasteiger partial charge in [0.1, 0.15) is 0 Å². The maximum atomic E-state index is 4.30. The van der Waals surface area contributed by atoms with Gasteiger partial charge >= 0.3 is 0 Å². The first kappa shape index (κ1) is 13.0. The molecule has 0 bridgehead atoms. The third-order valence-corrected chi connectivity index (χ3v) is 6.98. The van der Waals surface area contributed by atoms with Crippen molar-refractivity contribution in [3.05, 3.63) is 67.0 Å². The Bertz CT molecular complexity index is 1280. The number of nitrogens with zero attached hydrogens (tertiary/aromatic N) is 1. The number of hydrogen-bond acceptors (Lipinski definition) is 3. The van der Waals surface area contributed by atoms with Gasteiger partial charge in [-0.25, -0.2) is 0 Å². The predicted octanol–water partition coefficient (Wildman–Crippen LogP) is 6.73. The summed E-state index contributed by atoms with van der Waals surface area (Å²) >= 11 is 3.72. The molecule has 2 aromatic heterocycles. The Morgan fingerprint density at radius 3 is 2.62 bits per heavy atom. The third-order valence-electron chi connectivity index (χ3n) is 4.76. The van der Waals surface area contributed by atoms with Gasteiger partial charge in [0.2, 0.25) is 0 Å². The average molecular weight is 341 g/mol. The summed E-state index contributed by atoms with van der Waals surface area (Å²) in [7, 11) is 0. The van der Waals surface area contributed by atoms with E-state index >= 15 is 0 Å². The highest BCUT2D eigenvalue weighted by atomic mass is 32.2. The number of fused-ring (bicyclic) bond motifs is 6. The summed E-state index contributed by atoms with van der Waals surface area (Å²) in [4.78, 5) is 7.01. The minimum atomic E-state index is 1.26. The molecule has 0 radical (unpaired) electrons. The van der Waals surface area contributed by atoms with E-state index in [1.165, 1.54) is 51.9 Å². The van der Waals surface area contributed by atoms with E-state index in [2.05, 4.69) is 59.6 Å². The van der Waals surface area contributed by atoms with Crippen molar-refractivity contribution in [2.75, 3.05) is 0 Å². The Labute approximate surface area is 147 Å². The van der Waals surface area contributed by atoms with Crippen molar-refractivity contribution in [1.29, 1.82) is 0 Å². The molecule has 0 saturated heterocycles. The fraction of sp³-hybridized carbons (Fsp3) is 0. The first-order chi connectivity index (χ1) is 11.9. The molecule has 3 heterocycles. The monoisotopic (exact) mass is 341 g/mol. The van der Waals surface area contributed by atoms with Gasteiger partial charge in [0.15, 0.2) is 0 Å². The second-order valence-electron chi connectivity index (χ2n) is 6.05. The molecule has 0 N–H and O–H groups in total. The van der Waals surface area contributed by atoms with Gasteiger partial charge in [-0.3, -0.25) is 4.98 Å². The molecule has 0 unspecified atom stereocenters. The van der Waals surface area contributed by atoms with E-state index in [1.807, 2.05) is 35.5 Å². The van der Waals surface area contributed by atoms with Gasteiger partial charge < -0.3 is 0 Å². The van der Waals surface area contributed by atoms with Gasteiger partial charge in [-0.2, -0.15) is 0 Å². The van der Waals surface area contributed by atoms with Gasteiger partial charge in [0, 0.05) is 43.0 Å². The number of aromatic nitrogens is 1. The van der Waals surface area contributed by atoms with Crippen LogP contribution in [0.3, 0.4) is 0 Å². The molecule has 3 aromatic carbocycles. The fourth-order valence-electron chi connectivity index (χ4n) is 3.76. The van der Waals surface area contributed by atoms with Crippen molar-refractivity contribution in [1.82, 2.24) is 4.98 Å². The largest absolute Gasteiger partial charge is 0.263 e. The van der Waals surface area contributed by atoms with Crippen LogP contribution in [0.2, 0.25) is 0 Å². The molecule has 112 valence electrons. The lowest BCUT2D eigenvalue weighted by atomic mass is 9.95. The summed E-state index contributed by atoms with van der Waals surface area (Å²) in [6.45, 7) is 0. The van der Waals surface area contributed by atoms with Gasteiger partial charge in [-0.1, -0.05) is 42.1 Å². The van der Waals surface area contributed by atoms with E-state index in [-0.39, 0.29) is 0 Å². The van der Waals surface area contributed by atoms with Gasteiger partial charge in [0.25, 0.3) is 0 Å². The Morgan fingerprint density at radius 2 is 1.62 bits per heavy atom. The van der Waals surface area contributed by atoms with Crippen molar-refractivity contribution >= 4 is 54.0 Å². The lowest BCUT2D eigenvalue weighted by molar-refractivity contribution is 1.37. The quantitative estimate of drug-likeness (QED) is 0.304. The summed E-state index contributed by atoms with van der Waals surface area (Å²) in [6, 6.07) is 20.0. The molecular formula is C21H11NS2. The lowest BCUT2D eigenvalue weighted by Gasteiger charge is -2.20. The summed E-state index contributed by atoms with van der Waals surface area (Å²) in [5.41, 5.74) is 2.71. The zero-order valence-corrected chi connectivity index (χ0v) is 14.2. The predicted molar refractivity (Wildman–Crippen MR) is 104 cm³/mol. The van der Waals surface area contributed by atoms with Gasteiger partial charge in [-0.15, -0.1) is 11.3 Å². The number of hydrogen-bond donors (Lipinski definition) is 0. The minimum Gasteiger partial charge on any atom is -0.263 e. The van der Waals surface area contributed by atoms with Crippen LogP contribution >= 0.6 is 23.1 Å². The van der Waals surface area contributed by atoms with Gasteiger partial charge in [0.05, 0.1) is 4.70 Å². The van der Waals surface area contributed by atoms with E-state index in [4.69, 9.17) is 0 Å². The SMILES string of the molecule is c1ccc2c(c1)Sc1cccc3c1c-2cc1sc2cnccc2c13. The molecular weight excluding hydrogens is 330 g/mol. The topological polar surface area (TPSA) is 12.9 Å². The molecule has 0 aliphatic carbocycles. The van der Waals surface area contributed by atoms with Crippen LogP contribution in [0.4, 0.5) is 0 Å². The van der Waals surface area contributed by atoms with Crippen LogP contribution in [-0.4, -0.2) is 4.98 Å². The van der Waals surface area contributed by atoms with Gasteiger partial charge in [-0.05, 0) is 40.8 Å². The Morgan fingerprint density at radius 1 is 0.708 bits per heavy atom. The van der Waals surface area contributed by atoms with Crippen molar-refractivity contribution in [2.24, 2.45) is 0 Å². The van der Waals surface area contributed by atoms with Crippen LogP contribution in [0.1, 0.15) is 0 Å². The zero-order chi connectivity index (χ0) is 15.7. The maximum absolute atomic E-state index is 4.30. The molecule has 0 atom stereocenters. The van der Waals surface area contributed by atoms with Crippen molar-refractivity contribution in [3.63, 3.8) is 0 Å². The summed E-state index contributed by atoms with van der Waals surface area (Å²) in [5, 5.41) is 5.44. The van der Waals surface area contributed by atoms with Crippen LogP contribution in [0.15, 0.2) is 76.8 Å². The first-order valence-corrected chi connectivity index (χ1v) is 9.53. The molecule has 0 fully saturated rings. The molecule has 1 aliphatic rings. The van der Waals surface area contributed by atoms with Crippen molar-refractivity contribution in [2.45, 2.75) is 9.79 Å². The Balaban J connectivity index is 1.91. The van der Waals surface area contributed by atoms with E-state index in [9.17, 15) is 0 Å². The molecule has 1 nitrogen and oxygen atoms in total. The first-order valence-electron chi connectivity index (χ1n) is 7.89. The Hall–Kier alpha value is -2.36. The highest BCUT2D eigenvalue weighted by molar-refractivity contribution is 7.99. The van der Waals surface area contributed by atoms with E-state index in [1.54, 1.807) is 0 Å². The molecule has 0 amide bonds. The summed E-state index contributed by atoms with van der Waals surface area (Å²) in [5.74, 6) is 0. The molecule has 6 rings (SSSR count).